The van der Waals surface area contributed by atoms with Crippen molar-refractivity contribution in [1.82, 2.24) is 0 Å². The lowest BCUT2D eigenvalue weighted by Gasteiger charge is -2.01. The molecule has 66 valence electrons. The maximum Gasteiger partial charge on any atom is 0.0241 e. The molecule has 0 aliphatic heterocycles. The lowest BCUT2D eigenvalue weighted by Crippen LogP contribution is -1.84. The van der Waals surface area contributed by atoms with Crippen molar-refractivity contribution in [2.75, 3.05) is 5.33 Å². The van der Waals surface area contributed by atoms with E-state index in [1.54, 1.807) is 5.57 Å². The number of rotatable bonds is 6. The highest BCUT2D eigenvalue weighted by atomic mass is 79.9. The zero-order chi connectivity index (χ0) is 8.53. The Hall–Kier alpha value is 0.220. The summed E-state index contributed by atoms with van der Waals surface area (Å²) in [5.74, 6) is 0. The second kappa shape index (κ2) is 8.32. The molecule has 0 aromatic heterocycles. The van der Waals surface area contributed by atoms with Crippen molar-refractivity contribution in [3.05, 3.63) is 11.6 Å². The Kier molecular flexibility index (Phi) is 8.48. The average Bonchev–Trinajstić information content (AvgIpc) is 2.05. The molecule has 0 radical (unpaired) electrons. The van der Waals surface area contributed by atoms with Gasteiger partial charge in [0.1, 0.15) is 0 Å². The van der Waals surface area contributed by atoms with Gasteiger partial charge in [-0.05, 0) is 19.8 Å². The predicted molar refractivity (Wildman–Crippen MR) is 56.3 cm³/mol. The second-order valence-electron chi connectivity index (χ2n) is 2.89. The van der Waals surface area contributed by atoms with Gasteiger partial charge in [0.2, 0.25) is 0 Å². The van der Waals surface area contributed by atoms with Crippen LogP contribution in [0.4, 0.5) is 0 Å². The third-order valence-electron chi connectivity index (χ3n) is 1.93. The number of alkyl halides is 1. The zero-order valence-corrected chi connectivity index (χ0v) is 9.28. The van der Waals surface area contributed by atoms with Crippen LogP contribution in [0.2, 0.25) is 0 Å². The topological polar surface area (TPSA) is 0 Å². The van der Waals surface area contributed by atoms with Gasteiger partial charge in [-0.2, -0.15) is 0 Å². The Morgan fingerprint density at radius 3 is 2.45 bits per heavy atom. The number of halogens is 1. The van der Waals surface area contributed by atoms with Crippen LogP contribution >= 0.6 is 15.9 Å². The van der Waals surface area contributed by atoms with E-state index in [0.29, 0.717) is 0 Å². The fraction of sp³-hybridized carbons (Fsp3) is 0.800. The van der Waals surface area contributed by atoms with Crippen LogP contribution in [0.5, 0.6) is 0 Å². The molecule has 1 heteroatoms. The molecule has 0 fully saturated rings. The molecule has 0 atom stereocenters. The molecule has 0 saturated carbocycles. The van der Waals surface area contributed by atoms with Crippen molar-refractivity contribution in [3.8, 4) is 0 Å². The molecule has 0 rings (SSSR count). The van der Waals surface area contributed by atoms with Gasteiger partial charge >= 0.3 is 0 Å². The molecular weight excluding hydrogens is 200 g/mol. The van der Waals surface area contributed by atoms with Gasteiger partial charge in [0.25, 0.3) is 0 Å². The highest BCUT2D eigenvalue weighted by Gasteiger charge is 1.93. The van der Waals surface area contributed by atoms with Crippen LogP contribution in [0.15, 0.2) is 11.6 Å². The van der Waals surface area contributed by atoms with E-state index >= 15 is 0 Å². The molecule has 0 spiro atoms. The highest BCUT2D eigenvalue weighted by molar-refractivity contribution is 9.09. The minimum absolute atomic E-state index is 1.05. The molecule has 0 amide bonds. The number of allylic oxidation sites excluding steroid dienone is 2. The Morgan fingerprint density at radius 2 is 2.00 bits per heavy atom. The second-order valence-corrected chi connectivity index (χ2v) is 3.45. The van der Waals surface area contributed by atoms with Crippen LogP contribution < -0.4 is 0 Å². The first-order chi connectivity index (χ1) is 5.35. The minimum Gasteiger partial charge on any atom is -0.0880 e. The molecule has 0 bridgehead atoms. The lowest BCUT2D eigenvalue weighted by molar-refractivity contribution is 0.665. The van der Waals surface area contributed by atoms with E-state index in [1.165, 1.54) is 32.1 Å². The van der Waals surface area contributed by atoms with E-state index in [-0.39, 0.29) is 0 Å². The highest BCUT2D eigenvalue weighted by Crippen LogP contribution is 2.11. The first-order valence-electron chi connectivity index (χ1n) is 4.55. The van der Waals surface area contributed by atoms with Crippen LogP contribution in [0.1, 0.15) is 46.0 Å². The summed E-state index contributed by atoms with van der Waals surface area (Å²) in [5.41, 5.74) is 1.54. The smallest absolute Gasteiger partial charge is 0.0241 e. The molecule has 0 heterocycles. The first-order valence-corrected chi connectivity index (χ1v) is 5.67. The molecule has 0 unspecified atom stereocenters. The van der Waals surface area contributed by atoms with Crippen molar-refractivity contribution < 1.29 is 0 Å². The summed E-state index contributed by atoms with van der Waals surface area (Å²) in [6, 6.07) is 0. The number of unbranched alkanes of at least 4 members (excludes halogenated alkanes) is 3. The van der Waals surface area contributed by atoms with Crippen molar-refractivity contribution in [2.45, 2.75) is 46.0 Å². The Labute approximate surface area is 79.2 Å². The normalized spacial score (nSPS) is 12.1. The van der Waals surface area contributed by atoms with Crippen molar-refractivity contribution in [3.63, 3.8) is 0 Å². The summed E-state index contributed by atoms with van der Waals surface area (Å²) in [4.78, 5) is 0. The zero-order valence-electron chi connectivity index (χ0n) is 7.70. The third-order valence-corrected chi connectivity index (χ3v) is 2.65. The maximum absolute atomic E-state index is 3.48. The van der Waals surface area contributed by atoms with Gasteiger partial charge in [0.05, 0.1) is 0 Å². The van der Waals surface area contributed by atoms with E-state index in [0.717, 1.165) is 5.33 Å². The minimum atomic E-state index is 1.05. The fourth-order valence-corrected chi connectivity index (χ4v) is 1.67. The van der Waals surface area contributed by atoms with E-state index in [4.69, 9.17) is 0 Å². The molecule has 0 aromatic carbocycles. The van der Waals surface area contributed by atoms with Gasteiger partial charge < -0.3 is 0 Å². The van der Waals surface area contributed by atoms with Gasteiger partial charge in [0, 0.05) is 5.33 Å². The van der Waals surface area contributed by atoms with E-state index in [2.05, 4.69) is 35.9 Å². The first kappa shape index (κ1) is 11.2. The molecule has 11 heavy (non-hydrogen) atoms. The summed E-state index contributed by atoms with van der Waals surface area (Å²) in [5, 5.41) is 1.05. The van der Waals surface area contributed by atoms with Crippen LogP contribution in [-0.2, 0) is 0 Å². The van der Waals surface area contributed by atoms with Crippen LogP contribution in [0, 0.1) is 0 Å². The Bertz CT molecular complexity index is 105. The molecular formula is C10H19Br. The van der Waals surface area contributed by atoms with Gasteiger partial charge in [-0.3, -0.25) is 0 Å². The van der Waals surface area contributed by atoms with Crippen molar-refractivity contribution >= 4 is 15.9 Å². The molecule has 0 aliphatic carbocycles. The quantitative estimate of drug-likeness (QED) is 0.355. The molecule has 0 aromatic rings. The van der Waals surface area contributed by atoms with Crippen LogP contribution in [0.3, 0.4) is 0 Å². The summed E-state index contributed by atoms with van der Waals surface area (Å²) >= 11 is 3.48. The summed E-state index contributed by atoms with van der Waals surface area (Å²) < 4.78 is 0. The Morgan fingerprint density at radius 1 is 1.27 bits per heavy atom. The Balaban J connectivity index is 3.22. The average molecular weight is 219 g/mol. The standard InChI is InChI=1S/C10H19Br/c1-3-5-6-7-8-10(4-2)9-11/h4H,3,5-9H2,1-2H3/b10-4-. The third kappa shape index (κ3) is 6.61. The van der Waals surface area contributed by atoms with Gasteiger partial charge in [-0.25, -0.2) is 0 Å². The summed E-state index contributed by atoms with van der Waals surface area (Å²) in [7, 11) is 0. The van der Waals surface area contributed by atoms with Crippen LogP contribution in [0.25, 0.3) is 0 Å². The predicted octanol–water partition coefficient (Wildman–Crippen LogP) is 4.30. The maximum atomic E-state index is 3.48. The monoisotopic (exact) mass is 218 g/mol. The largest absolute Gasteiger partial charge is 0.0880 e. The number of hydrogen-bond acceptors (Lipinski definition) is 0. The molecule has 0 saturated heterocycles. The van der Waals surface area contributed by atoms with Gasteiger partial charge in [-0.15, -0.1) is 0 Å². The summed E-state index contributed by atoms with van der Waals surface area (Å²) in [6.45, 7) is 4.37. The summed E-state index contributed by atoms with van der Waals surface area (Å²) in [6.07, 6.45) is 8.97. The molecule has 0 nitrogen and oxygen atoms in total. The number of hydrogen-bond donors (Lipinski definition) is 0. The lowest BCUT2D eigenvalue weighted by atomic mass is 10.1. The van der Waals surface area contributed by atoms with E-state index in [1.807, 2.05) is 0 Å². The van der Waals surface area contributed by atoms with Crippen molar-refractivity contribution in [1.29, 1.82) is 0 Å². The van der Waals surface area contributed by atoms with Crippen molar-refractivity contribution in [2.24, 2.45) is 0 Å². The SMILES string of the molecule is C/C=C(\CBr)CCCCCC. The van der Waals surface area contributed by atoms with Gasteiger partial charge in [-0.1, -0.05) is 53.8 Å². The fourth-order valence-electron chi connectivity index (χ4n) is 1.07. The van der Waals surface area contributed by atoms with Crippen LogP contribution in [-0.4, -0.2) is 5.33 Å². The van der Waals surface area contributed by atoms with E-state index < -0.39 is 0 Å². The van der Waals surface area contributed by atoms with E-state index in [9.17, 15) is 0 Å². The molecule has 0 aliphatic rings. The molecule has 0 N–H and O–H groups in total. The van der Waals surface area contributed by atoms with Gasteiger partial charge in [0.15, 0.2) is 0 Å².